The number of nitrogens with zero attached hydrogens (tertiary/aromatic N) is 2. The van der Waals surface area contributed by atoms with Gasteiger partial charge in [0.2, 0.25) is 0 Å². The highest BCUT2D eigenvalue weighted by atomic mass is 16.5. The summed E-state index contributed by atoms with van der Waals surface area (Å²) in [5, 5.41) is 3.02. The van der Waals surface area contributed by atoms with Crippen LogP contribution in [-0.2, 0) is 11.3 Å². The lowest BCUT2D eigenvalue weighted by Gasteiger charge is -2.32. The summed E-state index contributed by atoms with van der Waals surface area (Å²) in [7, 11) is 2.17. The normalized spacial score (nSPS) is 22.6. The summed E-state index contributed by atoms with van der Waals surface area (Å²) < 4.78 is 5.59. The van der Waals surface area contributed by atoms with Gasteiger partial charge in [0.1, 0.15) is 0 Å². The van der Waals surface area contributed by atoms with Gasteiger partial charge in [0.05, 0.1) is 6.10 Å². The highest BCUT2D eigenvalue weighted by Gasteiger charge is 2.16. The van der Waals surface area contributed by atoms with Crippen molar-refractivity contribution in [2.75, 3.05) is 46.4 Å². The molecule has 2 aliphatic rings. The highest BCUT2D eigenvalue weighted by molar-refractivity contribution is 5.94. The van der Waals surface area contributed by atoms with E-state index in [1.807, 2.05) is 18.2 Å². The fourth-order valence-electron chi connectivity index (χ4n) is 3.40. The third-order valence-electron chi connectivity index (χ3n) is 4.97. The van der Waals surface area contributed by atoms with E-state index in [4.69, 9.17) is 4.74 Å². The molecule has 1 aromatic carbocycles. The first-order chi connectivity index (χ1) is 11.7. The predicted octanol–water partition coefficient (Wildman–Crippen LogP) is 1.73. The van der Waals surface area contributed by atoms with Crippen LogP contribution in [0.4, 0.5) is 0 Å². The van der Waals surface area contributed by atoms with Crippen LogP contribution >= 0.6 is 0 Å². The molecular weight excluding hydrogens is 302 g/mol. The van der Waals surface area contributed by atoms with E-state index in [0.717, 1.165) is 64.2 Å². The van der Waals surface area contributed by atoms with Gasteiger partial charge < -0.3 is 15.0 Å². The zero-order chi connectivity index (χ0) is 16.8. The molecule has 0 saturated carbocycles. The molecule has 132 valence electrons. The SMILES string of the molecule is CN1CCN(Cc2cccc(C(=O)NCC[C@H]3CCCO3)c2)CC1. The number of carbonyl (C=O) groups excluding carboxylic acids is 1. The van der Waals surface area contributed by atoms with Gasteiger partial charge in [-0.2, -0.15) is 0 Å². The molecule has 2 saturated heterocycles. The maximum atomic E-state index is 12.3. The van der Waals surface area contributed by atoms with Crippen molar-refractivity contribution in [3.05, 3.63) is 35.4 Å². The van der Waals surface area contributed by atoms with E-state index in [2.05, 4.69) is 28.2 Å². The summed E-state index contributed by atoms with van der Waals surface area (Å²) in [6.07, 6.45) is 3.50. The van der Waals surface area contributed by atoms with Gasteiger partial charge in [-0.3, -0.25) is 9.69 Å². The molecule has 0 aliphatic carbocycles. The Labute approximate surface area is 145 Å². The summed E-state index contributed by atoms with van der Waals surface area (Å²) >= 11 is 0. The first kappa shape index (κ1) is 17.4. The molecule has 3 rings (SSSR count). The number of hydrogen-bond acceptors (Lipinski definition) is 4. The number of rotatable bonds is 6. The summed E-state index contributed by atoms with van der Waals surface area (Å²) in [5.74, 6) is 0.0215. The van der Waals surface area contributed by atoms with Crippen LogP contribution in [0.3, 0.4) is 0 Å². The van der Waals surface area contributed by atoms with E-state index in [-0.39, 0.29) is 5.91 Å². The first-order valence-electron chi connectivity index (χ1n) is 9.10. The smallest absolute Gasteiger partial charge is 0.251 e. The second-order valence-electron chi connectivity index (χ2n) is 6.96. The lowest BCUT2D eigenvalue weighted by Crippen LogP contribution is -2.43. The Hall–Kier alpha value is -1.43. The Bertz CT molecular complexity index is 535. The van der Waals surface area contributed by atoms with Crippen LogP contribution in [0.15, 0.2) is 24.3 Å². The van der Waals surface area contributed by atoms with Crippen LogP contribution < -0.4 is 5.32 Å². The minimum atomic E-state index is 0.0215. The highest BCUT2D eigenvalue weighted by Crippen LogP contribution is 2.15. The average molecular weight is 331 g/mol. The number of ether oxygens (including phenoxy) is 1. The predicted molar refractivity (Wildman–Crippen MR) is 95.1 cm³/mol. The van der Waals surface area contributed by atoms with E-state index in [9.17, 15) is 4.79 Å². The third kappa shape index (κ3) is 5.03. The number of hydrogen-bond donors (Lipinski definition) is 1. The van der Waals surface area contributed by atoms with Gasteiger partial charge in [-0.1, -0.05) is 12.1 Å². The van der Waals surface area contributed by atoms with E-state index in [1.54, 1.807) is 0 Å². The van der Waals surface area contributed by atoms with Crippen molar-refractivity contribution in [3.8, 4) is 0 Å². The van der Waals surface area contributed by atoms with Crippen LogP contribution in [0, 0.1) is 0 Å². The van der Waals surface area contributed by atoms with Gasteiger partial charge in [0.25, 0.3) is 5.91 Å². The Morgan fingerprint density at radius 1 is 1.29 bits per heavy atom. The van der Waals surface area contributed by atoms with Gasteiger partial charge in [-0.25, -0.2) is 0 Å². The van der Waals surface area contributed by atoms with Gasteiger partial charge in [-0.15, -0.1) is 0 Å². The molecule has 5 heteroatoms. The van der Waals surface area contributed by atoms with Gasteiger partial charge in [0, 0.05) is 51.4 Å². The molecule has 2 aliphatic heterocycles. The minimum absolute atomic E-state index is 0.0215. The Morgan fingerprint density at radius 3 is 2.88 bits per heavy atom. The Balaban J connectivity index is 1.47. The lowest BCUT2D eigenvalue weighted by molar-refractivity contribution is 0.0907. The van der Waals surface area contributed by atoms with Crippen molar-refractivity contribution in [1.29, 1.82) is 0 Å². The number of likely N-dealkylation sites (N-methyl/N-ethyl adjacent to an activating group) is 1. The van der Waals surface area contributed by atoms with E-state index in [0.29, 0.717) is 12.6 Å². The van der Waals surface area contributed by atoms with Crippen LogP contribution in [-0.4, -0.2) is 68.2 Å². The average Bonchev–Trinajstić information content (AvgIpc) is 3.10. The van der Waals surface area contributed by atoms with Crippen molar-refractivity contribution < 1.29 is 9.53 Å². The fraction of sp³-hybridized carbons (Fsp3) is 0.632. The Morgan fingerprint density at radius 2 is 2.12 bits per heavy atom. The lowest BCUT2D eigenvalue weighted by atomic mass is 10.1. The maximum Gasteiger partial charge on any atom is 0.251 e. The monoisotopic (exact) mass is 331 g/mol. The second-order valence-corrected chi connectivity index (χ2v) is 6.96. The zero-order valence-corrected chi connectivity index (χ0v) is 14.7. The number of benzene rings is 1. The summed E-state index contributed by atoms with van der Waals surface area (Å²) in [4.78, 5) is 17.1. The molecule has 0 radical (unpaired) electrons. The molecule has 24 heavy (non-hydrogen) atoms. The molecule has 0 aromatic heterocycles. The second kappa shape index (κ2) is 8.60. The van der Waals surface area contributed by atoms with Crippen molar-refractivity contribution in [2.24, 2.45) is 0 Å². The third-order valence-corrected chi connectivity index (χ3v) is 4.97. The van der Waals surface area contributed by atoms with Gasteiger partial charge in [-0.05, 0) is 44.0 Å². The summed E-state index contributed by atoms with van der Waals surface area (Å²) in [6, 6.07) is 8.02. The van der Waals surface area contributed by atoms with Crippen LogP contribution in [0.1, 0.15) is 35.2 Å². The molecule has 0 bridgehead atoms. The van der Waals surface area contributed by atoms with Gasteiger partial charge in [0.15, 0.2) is 0 Å². The van der Waals surface area contributed by atoms with Crippen LogP contribution in [0.2, 0.25) is 0 Å². The Kier molecular flexibility index (Phi) is 6.24. The van der Waals surface area contributed by atoms with Crippen LogP contribution in [0.5, 0.6) is 0 Å². The molecule has 2 heterocycles. The number of nitrogens with one attached hydrogen (secondary N) is 1. The molecule has 1 aromatic rings. The summed E-state index contributed by atoms with van der Waals surface area (Å²) in [6.45, 7) is 6.89. The maximum absolute atomic E-state index is 12.3. The van der Waals surface area contributed by atoms with Crippen molar-refractivity contribution in [3.63, 3.8) is 0 Å². The summed E-state index contributed by atoms with van der Waals surface area (Å²) in [5.41, 5.74) is 1.97. The quantitative estimate of drug-likeness (QED) is 0.862. The van der Waals surface area contributed by atoms with Crippen molar-refractivity contribution in [2.45, 2.75) is 31.9 Å². The van der Waals surface area contributed by atoms with Crippen molar-refractivity contribution in [1.82, 2.24) is 15.1 Å². The van der Waals surface area contributed by atoms with E-state index in [1.165, 1.54) is 5.56 Å². The molecule has 0 unspecified atom stereocenters. The zero-order valence-electron chi connectivity index (χ0n) is 14.7. The van der Waals surface area contributed by atoms with E-state index < -0.39 is 0 Å². The number of amides is 1. The minimum Gasteiger partial charge on any atom is -0.378 e. The van der Waals surface area contributed by atoms with Crippen LogP contribution in [0.25, 0.3) is 0 Å². The topological polar surface area (TPSA) is 44.8 Å². The molecule has 1 N–H and O–H groups in total. The molecule has 5 nitrogen and oxygen atoms in total. The first-order valence-corrected chi connectivity index (χ1v) is 9.10. The van der Waals surface area contributed by atoms with Crippen molar-refractivity contribution >= 4 is 5.91 Å². The molecular formula is C19H29N3O2. The number of piperazine rings is 1. The van der Waals surface area contributed by atoms with Gasteiger partial charge >= 0.3 is 0 Å². The standard InChI is InChI=1S/C19H29N3O2/c1-21-9-11-22(12-10-21)15-16-4-2-5-17(14-16)19(23)20-8-7-18-6-3-13-24-18/h2,4-5,14,18H,3,6-13,15H2,1H3,(H,20,23)/t18-/m1/s1. The number of carbonyl (C=O) groups is 1. The molecule has 0 spiro atoms. The molecule has 2 fully saturated rings. The molecule has 1 amide bonds. The fourth-order valence-corrected chi connectivity index (χ4v) is 3.40. The van der Waals surface area contributed by atoms with E-state index >= 15 is 0 Å². The largest absolute Gasteiger partial charge is 0.378 e. The molecule has 1 atom stereocenters.